The summed E-state index contributed by atoms with van der Waals surface area (Å²) in [7, 11) is 0. The average Bonchev–Trinajstić information content (AvgIpc) is 2.97. The minimum absolute atomic E-state index is 0.441. The summed E-state index contributed by atoms with van der Waals surface area (Å²) in [6.07, 6.45) is 6.81. The van der Waals surface area contributed by atoms with E-state index in [1.165, 1.54) is 4.88 Å². The van der Waals surface area contributed by atoms with Gasteiger partial charge in [-0.15, -0.1) is 11.3 Å². The minimum Gasteiger partial charge on any atom is -0.336 e. The van der Waals surface area contributed by atoms with Gasteiger partial charge >= 0.3 is 0 Å². The third-order valence-corrected chi connectivity index (χ3v) is 3.81. The van der Waals surface area contributed by atoms with Crippen molar-refractivity contribution in [2.45, 2.75) is 38.9 Å². The molecule has 2 atom stereocenters. The van der Waals surface area contributed by atoms with Gasteiger partial charge in [0.05, 0.1) is 6.33 Å². The summed E-state index contributed by atoms with van der Waals surface area (Å²) in [6, 6.07) is 5.23. The van der Waals surface area contributed by atoms with Gasteiger partial charge in [0.15, 0.2) is 0 Å². The summed E-state index contributed by atoms with van der Waals surface area (Å²) in [5, 5.41) is 5.81. The molecule has 0 spiro atoms. The first-order valence-corrected chi connectivity index (χ1v) is 6.92. The highest BCUT2D eigenvalue weighted by Gasteiger charge is 2.13. The van der Waals surface area contributed by atoms with E-state index in [1.54, 1.807) is 0 Å². The molecule has 2 rings (SSSR count). The van der Waals surface area contributed by atoms with Crippen LogP contribution in [0, 0.1) is 0 Å². The van der Waals surface area contributed by atoms with Gasteiger partial charge in [-0.25, -0.2) is 4.98 Å². The van der Waals surface area contributed by atoms with E-state index in [4.69, 9.17) is 0 Å². The highest BCUT2D eigenvalue weighted by Crippen LogP contribution is 2.22. The van der Waals surface area contributed by atoms with E-state index in [2.05, 4.69) is 46.2 Å². The quantitative estimate of drug-likeness (QED) is 0.852. The molecule has 0 amide bonds. The van der Waals surface area contributed by atoms with Crippen LogP contribution in [0.1, 0.15) is 31.2 Å². The SMILES string of the molecule is CCC(NC(C)Cn1ccnc1)c1cccs1. The second kappa shape index (κ2) is 5.98. The zero-order chi connectivity index (χ0) is 12.1. The van der Waals surface area contributed by atoms with Gasteiger partial charge in [-0.1, -0.05) is 13.0 Å². The number of nitrogens with one attached hydrogen (secondary N) is 1. The van der Waals surface area contributed by atoms with Crippen molar-refractivity contribution in [3.05, 3.63) is 41.1 Å². The number of hydrogen-bond acceptors (Lipinski definition) is 3. The zero-order valence-electron chi connectivity index (χ0n) is 10.3. The molecule has 0 radical (unpaired) electrons. The third kappa shape index (κ3) is 3.41. The second-order valence-corrected chi connectivity index (χ2v) is 5.28. The van der Waals surface area contributed by atoms with Gasteiger partial charge in [-0.2, -0.15) is 0 Å². The zero-order valence-corrected chi connectivity index (χ0v) is 11.2. The molecular formula is C13H19N3S. The Balaban J connectivity index is 1.90. The molecule has 1 N–H and O–H groups in total. The van der Waals surface area contributed by atoms with Gasteiger partial charge in [0.1, 0.15) is 0 Å². The van der Waals surface area contributed by atoms with Crippen molar-refractivity contribution in [3.8, 4) is 0 Å². The molecule has 2 unspecified atom stereocenters. The Kier molecular flexibility index (Phi) is 4.34. The van der Waals surface area contributed by atoms with Crippen molar-refractivity contribution >= 4 is 11.3 Å². The predicted molar refractivity (Wildman–Crippen MR) is 72.2 cm³/mol. The topological polar surface area (TPSA) is 29.9 Å². The molecule has 0 saturated heterocycles. The monoisotopic (exact) mass is 249 g/mol. The number of hydrogen-bond donors (Lipinski definition) is 1. The van der Waals surface area contributed by atoms with Crippen molar-refractivity contribution in [2.24, 2.45) is 0 Å². The molecule has 3 nitrogen and oxygen atoms in total. The lowest BCUT2D eigenvalue weighted by Gasteiger charge is -2.21. The molecule has 17 heavy (non-hydrogen) atoms. The average molecular weight is 249 g/mol. The van der Waals surface area contributed by atoms with E-state index in [1.807, 2.05) is 30.1 Å². The fourth-order valence-electron chi connectivity index (χ4n) is 2.00. The van der Waals surface area contributed by atoms with Crippen molar-refractivity contribution < 1.29 is 0 Å². The Morgan fingerprint density at radius 3 is 3.00 bits per heavy atom. The summed E-state index contributed by atoms with van der Waals surface area (Å²) >= 11 is 1.82. The largest absolute Gasteiger partial charge is 0.336 e. The maximum absolute atomic E-state index is 4.06. The smallest absolute Gasteiger partial charge is 0.0946 e. The second-order valence-electron chi connectivity index (χ2n) is 4.30. The van der Waals surface area contributed by atoms with Gasteiger partial charge in [-0.3, -0.25) is 0 Å². The van der Waals surface area contributed by atoms with Crippen LogP contribution in [0.5, 0.6) is 0 Å². The van der Waals surface area contributed by atoms with Crippen molar-refractivity contribution in [2.75, 3.05) is 0 Å². The van der Waals surface area contributed by atoms with Crippen LogP contribution in [0.3, 0.4) is 0 Å². The molecule has 2 heterocycles. The van der Waals surface area contributed by atoms with Crippen LogP contribution in [0.4, 0.5) is 0 Å². The Labute approximate surface area is 107 Å². The molecule has 0 bridgehead atoms. The van der Waals surface area contributed by atoms with Crippen LogP contribution in [-0.4, -0.2) is 15.6 Å². The number of thiophene rings is 1. The predicted octanol–water partition coefficient (Wildman–Crippen LogP) is 3.07. The molecule has 0 aliphatic rings. The molecule has 2 aromatic heterocycles. The van der Waals surface area contributed by atoms with Crippen LogP contribution in [0.15, 0.2) is 36.2 Å². The fraction of sp³-hybridized carbons (Fsp3) is 0.462. The number of rotatable bonds is 6. The van der Waals surface area contributed by atoms with Gasteiger partial charge in [0.25, 0.3) is 0 Å². The molecule has 0 aromatic carbocycles. The highest BCUT2D eigenvalue weighted by atomic mass is 32.1. The lowest BCUT2D eigenvalue weighted by atomic mass is 10.1. The Morgan fingerprint density at radius 2 is 2.41 bits per heavy atom. The van der Waals surface area contributed by atoms with Crippen LogP contribution in [-0.2, 0) is 6.54 Å². The summed E-state index contributed by atoms with van der Waals surface area (Å²) in [6.45, 7) is 5.40. The van der Waals surface area contributed by atoms with Crippen LogP contribution in [0.2, 0.25) is 0 Å². The maximum atomic E-state index is 4.06. The summed E-state index contributed by atoms with van der Waals surface area (Å²) < 4.78 is 2.11. The van der Waals surface area contributed by atoms with Gasteiger partial charge in [0, 0.05) is 35.9 Å². The Hall–Kier alpha value is -1.13. The maximum Gasteiger partial charge on any atom is 0.0946 e. The molecule has 2 aromatic rings. The normalized spacial score (nSPS) is 14.7. The molecule has 0 aliphatic heterocycles. The first-order chi connectivity index (χ1) is 8.29. The first kappa shape index (κ1) is 12.3. The molecule has 0 saturated carbocycles. The standard InChI is InChI=1S/C13H19N3S/c1-3-12(13-5-4-8-17-13)15-11(2)9-16-7-6-14-10-16/h4-8,10-12,15H,3,9H2,1-2H3. The molecule has 0 aliphatic carbocycles. The Morgan fingerprint density at radius 1 is 1.53 bits per heavy atom. The number of aromatic nitrogens is 2. The van der Waals surface area contributed by atoms with E-state index in [9.17, 15) is 0 Å². The van der Waals surface area contributed by atoms with Crippen LogP contribution >= 0.6 is 11.3 Å². The van der Waals surface area contributed by atoms with Crippen LogP contribution in [0.25, 0.3) is 0 Å². The first-order valence-electron chi connectivity index (χ1n) is 6.04. The number of nitrogens with zero attached hydrogens (tertiary/aromatic N) is 2. The van der Waals surface area contributed by atoms with E-state index in [0.29, 0.717) is 12.1 Å². The molecule has 4 heteroatoms. The highest BCUT2D eigenvalue weighted by molar-refractivity contribution is 7.10. The Bertz CT molecular complexity index is 408. The van der Waals surface area contributed by atoms with E-state index in [0.717, 1.165) is 13.0 Å². The van der Waals surface area contributed by atoms with Crippen molar-refractivity contribution in [1.82, 2.24) is 14.9 Å². The summed E-state index contributed by atoms with van der Waals surface area (Å²) in [5.74, 6) is 0. The van der Waals surface area contributed by atoms with Gasteiger partial charge in [0.2, 0.25) is 0 Å². The van der Waals surface area contributed by atoms with E-state index in [-0.39, 0.29) is 0 Å². The molecule has 92 valence electrons. The lowest BCUT2D eigenvalue weighted by molar-refractivity contribution is 0.410. The minimum atomic E-state index is 0.441. The fourth-order valence-corrected chi connectivity index (χ4v) is 2.87. The third-order valence-electron chi connectivity index (χ3n) is 2.82. The van der Waals surface area contributed by atoms with E-state index < -0.39 is 0 Å². The van der Waals surface area contributed by atoms with Crippen molar-refractivity contribution in [1.29, 1.82) is 0 Å². The summed E-state index contributed by atoms with van der Waals surface area (Å²) in [5.41, 5.74) is 0. The van der Waals surface area contributed by atoms with Crippen molar-refractivity contribution in [3.63, 3.8) is 0 Å². The molecular weight excluding hydrogens is 230 g/mol. The van der Waals surface area contributed by atoms with Crippen LogP contribution < -0.4 is 5.32 Å². The van der Waals surface area contributed by atoms with Gasteiger partial charge in [-0.05, 0) is 24.8 Å². The lowest BCUT2D eigenvalue weighted by Crippen LogP contribution is -2.33. The molecule has 0 fully saturated rings. The van der Waals surface area contributed by atoms with Gasteiger partial charge < -0.3 is 9.88 Å². The number of imidazole rings is 1. The van der Waals surface area contributed by atoms with E-state index >= 15 is 0 Å². The summed E-state index contributed by atoms with van der Waals surface area (Å²) in [4.78, 5) is 5.48.